The number of hydrogen-bond donors (Lipinski definition) is 0. The Bertz CT molecular complexity index is 1410. The lowest BCUT2D eigenvalue weighted by Gasteiger charge is -2.21. The number of rotatable bonds is 2. The Morgan fingerprint density at radius 3 is 2.19 bits per heavy atom. The number of aromatic nitrogens is 2. The van der Waals surface area contributed by atoms with Crippen molar-refractivity contribution in [2.75, 3.05) is 0 Å². The van der Waals surface area contributed by atoms with Crippen molar-refractivity contribution in [3.05, 3.63) is 96.3 Å². The fraction of sp³-hybridized carbons (Fsp3) is 0.172. The first-order chi connectivity index (χ1) is 14.9. The van der Waals surface area contributed by atoms with Crippen molar-refractivity contribution in [1.82, 2.24) is 9.97 Å². The maximum Gasteiger partial charge on any atom is 0.116 e. The highest BCUT2D eigenvalue weighted by Gasteiger charge is 2.17. The number of nitrogens with zero attached hydrogens (tertiary/aromatic N) is 2. The van der Waals surface area contributed by atoms with E-state index in [-0.39, 0.29) is 5.41 Å². The fourth-order valence-electron chi connectivity index (χ4n) is 4.33. The summed E-state index contributed by atoms with van der Waals surface area (Å²) in [6.07, 6.45) is 1.70. The van der Waals surface area contributed by atoms with Gasteiger partial charge in [0.1, 0.15) is 6.33 Å². The Kier molecular flexibility index (Phi) is 4.59. The van der Waals surface area contributed by atoms with Crippen LogP contribution in [0.5, 0.6) is 0 Å². The third-order valence-corrected chi connectivity index (χ3v) is 6.03. The lowest BCUT2D eigenvalue weighted by atomic mass is 9.84. The molecule has 31 heavy (non-hydrogen) atoms. The van der Waals surface area contributed by atoms with E-state index >= 15 is 0 Å². The van der Waals surface area contributed by atoms with Crippen LogP contribution in [0.25, 0.3) is 44.1 Å². The minimum Gasteiger partial charge on any atom is -0.236 e. The molecule has 0 bridgehead atoms. The van der Waals surface area contributed by atoms with Crippen LogP contribution in [0.1, 0.15) is 31.9 Å². The average Bonchev–Trinajstić information content (AvgIpc) is 2.78. The minimum atomic E-state index is 0.114. The summed E-state index contributed by atoms with van der Waals surface area (Å²) in [6, 6.07) is 28.1. The molecule has 2 heteroatoms. The molecule has 4 aromatic carbocycles. The lowest BCUT2D eigenvalue weighted by Crippen LogP contribution is -2.11. The van der Waals surface area contributed by atoms with Crippen molar-refractivity contribution < 1.29 is 0 Å². The Labute approximate surface area is 183 Å². The zero-order chi connectivity index (χ0) is 21.6. The van der Waals surface area contributed by atoms with Crippen molar-refractivity contribution in [2.24, 2.45) is 0 Å². The minimum absolute atomic E-state index is 0.114. The van der Waals surface area contributed by atoms with Crippen LogP contribution in [0.3, 0.4) is 0 Å². The van der Waals surface area contributed by atoms with Gasteiger partial charge in [-0.25, -0.2) is 9.97 Å². The van der Waals surface area contributed by atoms with Gasteiger partial charge in [0.05, 0.1) is 11.2 Å². The summed E-state index contributed by atoms with van der Waals surface area (Å²) in [7, 11) is 0. The Hall–Kier alpha value is -3.52. The van der Waals surface area contributed by atoms with Gasteiger partial charge in [-0.1, -0.05) is 87.5 Å². The maximum atomic E-state index is 4.72. The molecule has 2 nitrogen and oxygen atoms in total. The van der Waals surface area contributed by atoms with Crippen molar-refractivity contribution in [1.29, 1.82) is 0 Å². The van der Waals surface area contributed by atoms with Gasteiger partial charge in [-0.2, -0.15) is 0 Å². The fourth-order valence-corrected chi connectivity index (χ4v) is 4.33. The van der Waals surface area contributed by atoms with E-state index in [4.69, 9.17) is 9.97 Å². The number of benzene rings is 4. The van der Waals surface area contributed by atoms with Gasteiger partial charge < -0.3 is 0 Å². The summed E-state index contributed by atoms with van der Waals surface area (Å²) in [5, 5.41) is 3.54. The summed E-state index contributed by atoms with van der Waals surface area (Å²) in [6.45, 7) is 8.97. The van der Waals surface area contributed by atoms with Crippen LogP contribution in [0.4, 0.5) is 0 Å². The van der Waals surface area contributed by atoms with Gasteiger partial charge in [0, 0.05) is 16.3 Å². The summed E-state index contributed by atoms with van der Waals surface area (Å²) in [5.74, 6) is 0. The third-order valence-electron chi connectivity index (χ3n) is 6.03. The van der Waals surface area contributed by atoms with Gasteiger partial charge in [-0.3, -0.25) is 0 Å². The molecule has 0 amide bonds. The highest BCUT2D eigenvalue weighted by atomic mass is 14.8. The largest absolute Gasteiger partial charge is 0.236 e. The van der Waals surface area contributed by atoms with Gasteiger partial charge in [-0.05, 0) is 52.1 Å². The van der Waals surface area contributed by atoms with Crippen LogP contribution in [0.2, 0.25) is 0 Å². The summed E-state index contributed by atoms with van der Waals surface area (Å²) < 4.78 is 0. The summed E-state index contributed by atoms with van der Waals surface area (Å²) >= 11 is 0. The van der Waals surface area contributed by atoms with E-state index in [2.05, 4.69) is 100 Å². The predicted molar refractivity (Wildman–Crippen MR) is 131 cm³/mol. The molecular weight excluding hydrogens is 376 g/mol. The van der Waals surface area contributed by atoms with Crippen molar-refractivity contribution in [2.45, 2.75) is 33.1 Å². The van der Waals surface area contributed by atoms with Gasteiger partial charge in [0.2, 0.25) is 0 Å². The lowest BCUT2D eigenvalue weighted by molar-refractivity contribution is 0.590. The molecular formula is C29H26N2. The van der Waals surface area contributed by atoms with Crippen molar-refractivity contribution in [3.63, 3.8) is 0 Å². The van der Waals surface area contributed by atoms with E-state index in [9.17, 15) is 0 Å². The predicted octanol–water partition coefficient (Wildman–Crippen LogP) is 7.72. The third kappa shape index (κ3) is 3.48. The normalized spacial score (nSPS) is 11.9. The molecule has 0 aliphatic rings. The second-order valence-corrected chi connectivity index (χ2v) is 9.27. The van der Waals surface area contributed by atoms with Gasteiger partial charge in [0.15, 0.2) is 0 Å². The molecule has 0 saturated heterocycles. The van der Waals surface area contributed by atoms with Crippen LogP contribution in [0, 0.1) is 6.92 Å². The first kappa shape index (κ1) is 19.4. The van der Waals surface area contributed by atoms with E-state index in [1.54, 1.807) is 6.33 Å². The molecule has 0 atom stereocenters. The molecule has 1 heterocycles. The topological polar surface area (TPSA) is 25.8 Å². The zero-order valence-corrected chi connectivity index (χ0v) is 18.5. The second-order valence-electron chi connectivity index (χ2n) is 9.27. The molecule has 1 aromatic heterocycles. The molecule has 0 unspecified atom stereocenters. The van der Waals surface area contributed by atoms with E-state index in [1.165, 1.54) is 33.0 Å². The smallest absolute Gasteiger partial charge is 0.116 e. The Balaban J connectivity index is 1.72. The standard InChI is InChI=1S/C29H26N2/c1-19-15-24(29(2,3)4)17-22-13-14-25-27(30-18-31-28(25)26(19)22)23-12-8-11-21(16-23)20-9-6-5-7-10-20/h5-18H,1-4H3. The summed E-state index contributed by atoms with van der Waals surface area (Å²) in [4.78, 5) is 9.41. The van der Waals surface area contributed by atoms with E-state index in [1.807, 2.05) is 6.07 Å². The summed E-state index contributed by atoms with van der Waals surface area (Å²) in [5.41, 5.74) is 8.22. The maximum absolute atomic E-state index is 4.72. The van der Waals surface area contributed by atoms with Gasteiger partial charge >= 0.3 is 0 Å². The molecule has 0 spiro atoms. The molecule has 0 aliphatic heterocycles. The monoisotopic (exact) mass is 402 g/mol. The van der Waals surface area contributed by atoms with E-state index in [0.29, 0.717) is 0 Å². The van der Waals surface area contributed by atoms with E-state index < -0.39 is 0 Å². The first-order valence-corrected chi connectivity index (χ1v) is 10.8. The molecule has 0 fully saturated rings. The number of aryl methyl sites for hydroxylation is 1. The SMILES string of the molecule is Cc1cc(C(C)(C)C)cc2ccc3c(-c4cccc(-c5ccccc5)c4)ncnc3c12. The molecule has 0 radical (unpaired) electrons. The molecule has 5 aromatic rings. The number of fused-ring (bicyclic) bond motifs is 3. The molecule has 0 N–H and O–H groups in total. The number of hydrogen-bond acceptors (Lipinski definition) is 2. The zero-order valence-electron chi connectivity index (χ0n) is 18.5. The first-order valence-electron chi connectivity index (χ1n) is 10.8. The molecule has 0 aliphatic carbocycles. The van der Waals surface area contributed by atoms with Crippen molar-refractivity contribution in [3.8, 4) is 22.4 Å². The molecule has 152 valence electrons. The van der Waals surface area contributed by atoms with Crippen LogP contribution < -0.4 is 0 Å². The van der Waals surface area contributed by atoms with Crippen LogP contribution >= 0.6 is 0 Å². The van der Waals surface area contributed by atoms with Crippen LogP contribution in [-0.2, 0) is 5.41 Å². The highest BCUT2D eigenvalue weighted by Crippen LogP contribution is 2.35. The van der Waals surface area contributed by atoms with Crippen LogP contribution in [0.15, 0.2) is 85.2 Å². The van der Waals surface area contributed by atoms with Crippen LogP contribution in [-0.4, -0.2) is 9.97 Å². The quantitative estimate of drug-likeness (QED) is 0.282. The second kappa shape index (κ2) is 7.31. The van der Waals surface area contributed by atoms with Gasteiger partial charge in [0.25, 0.3) is 0 Å². The van der Waals surface area contributed by atoms with Gasteiger partial charge in [-0.15, -0.1) is 0 Å². The van der Waals surface area contributed by atoms with E-state index in [0.717, 1.165) is 22.2 Å². The average molecular weight is 403 g/mol. The Morgan fingerprint density at radius 1 is 0.677 bits per heavy atom. The molecule has 5 rings (SSSR count). The Morgan fingerprint density at radius 2 is 1.42 bits per heavy atom. The van der Waals surface area contributed by atoms with Crippen molar-refractivity contribution >= 4 is 21.7 Å². The highest BCUT2D eigenvalue weighted by molar-refractivity contribution is 6.10. The molecule has 0 saturated carbocycles.